The highest BCUT2D eigenvalue weighted by atomic mass is 16.5. The van der Waals surface area contributed by atoms with Crippen molar-refractivity contribution in [2.75, 3.05) is 40.6 Å². The Morgan fingerprint density at radius 1 is 0.823 bits per heavy atom. The second kappa shape index (κ2) is 17.0. The van der Waals surface area contributed by atoms with Crippen molar-refractivity contribution in [1.82, 2.24) is 25.1 Å². The molecule has 10 rings (SSSR count). The molecular weight excluding hydrogens is 789 g/mol. The molecule has 1 aromatic heterocycles. The van der Waals surface area contributed by atoms with E-state index in [0.717, 1.165) is 71.7 Å². The molecule has 14 heteroatoms. The first kappa shape index (κ1) is 40.5. The number of imidazole rings is 1. The minimum Gasteiger partial charge on any atom is -0.469 e. The monoisotopic (exact) mass is 842 g/mol. The molecule has 6 heterocycles. The maximum Gasteiger partial charge on any atom is 0.407 e. The summed E-state index contributed by atoms with van der Waals surface area (Å²) in [4.78, 5) is 70.3. The first-order chi connectivity index (χ1) is 30.3. The number of allylic oxidation sites excluding steroid dienone is 1. The van der Waals surface area contributed by atoms with Crippen LogP contribution in [0.25, 0.3) is 16.3 Å². The Hall–Kier alpha value is -5.52. The predicted molar refractivity (Wildman–Crippen MR) is 228 cm³/mol. The molecule has 0 spiro atoms. The fourth-order valence-electron chi connectivity index (χ4n) is 11.0. The van der Waals surface area contributed by atoms with Gasteiger partial charge in [-0.25, -0.2) is 9.78 Å². The number of hydrogen-bond acceptors (Lipinski definition) is 10. The number of methoxy groups -OCH3 is 2. The smallest absolute Gasteiger partial charge is 0.407 e. The predicted octanol–water partition coefficient (Wildman–Crippen LogP) is 5.56. The van der Waals surface area contributed by atoms with Crippen LogP contribution in [0.5, 0.6) is 0 Å². The Morgan fingerprint density at radius 2 is 1.50 bits per heavy atom. The zero-order valence-electron chi connectivity index (χ0n) is 35.3. The average molecular weight is 843 g/mol. The number of benzene rings is 2. The number of amides is 3. The molecule has 6 fully saturated rings. The van der Waals surface area contributed by atoms with E-state index >= 15 is 0 Å². The number of carbonyl (C=O) groups is 4. The van der Waals surface area contributed by atoms with Crippen LogP contribution in [0.4, 0.5) is 4.79 Å². The van der Waals surface area contributed by atoms with Gasteiger partial charge in [0.2, 0.25) is 11.8 Å². The van der Waals surface area contributed by atoms with Crippen molar-refractivity contribution in [2.45, 2.75) is 94.4 Å². The van der Waals surface area contributed by atoms with Gasteiger partial charge in [-0.05, 0) is 121 Å². The van der Waals surface area contributed by atoms with E-state index in [1.807, 2.05) is 17.2 Å². The number of aliphatic imine (C=N–C) groups is 1. The number of fused-ring (bicyclic) bond motifs is 3. The number of esters is 1. The van der Waals surface area contributed by atoms with Gasteiger partial charge in [0.1, 0.15) is 17.6 Å². The zero-order valence-corrected chi connectivity index (χ0v) is 35.3. The molecule has 5 aliphatic heterocycles. The van der Waals surface area contributed by atoms with E-state index in [2.05, 4.69) is 57.4 Å². The summed E-state index contributed by atoms with van der Waals surface area (Å²) in [6.45, 7) is 2.35. The Morgan fingerprint density at radius 3 is 2.23 bits per heavy atom. The molecule has 2 aliphatic carbocycles. The molecule has 324 valence electrons. The summed E-state index contributed by atoms with van der Waals surface area (Å²) in [7, 11) is 2.70. The molecule has 3 aromatic rings. The number of likely N-dealkylation sites (tertiary alicyclic amines) is 2. The topological polar surface area (TPSA) is 165 Å². The van der Waals surface area contributed by atoms with Gasteiger partial charge in [0.15, 0.2) is 0 Å². The van der Waals surface area contributed by atoms with E-state index < -0.39 is 18.1 Å². The standard InChI is InChI=1S/C48H54N6O8/c1-59-43(55)24-37(28-9-13-61-14-10-28)46(56)53-39-20-33(39)22-41(53)38-19-35(25-49-38)32-7-6-30-17-27(3-5-31(30)18-32)4-8-36-26-50-45(51-36)42-23-34-21-40(34)54(42)47(57)44(52-48(58)60-2)29-11-15-62-16-12-29/h3,5-7,17-18,25-26,28-29,33-34,37,39-42,44H,9-16,19-24H2,1-2H3,(H,50,51)(H,52,58)/t33-,34-,37?,39-,40-,41+,42+,44?/m1/s1. The number of alkyl carbamates (subject to hydrolysis) is 1. The van der Waals surface area contributed by atoms with Crippen molar-refractivity contribution < 1.29 is 38.1 Å². The zero-order chi connectivity index (χ0) is 42.5. The normalized spacial score (nSPS) is 27.6. The summed E-state index contributed by atoms with van der Waals surface area (Å²) in [5.74, 6) is 7.49. The fourth-order valence-corrected chi connectivity index (χ4v) is 11.0. The molecule has 2 N–H and O–H groups in total. The van der Waals surface area contributed by atoms with Gasteiger partial charge >= 0.3 is 12.1 Å². The van der Waals surface area contributed by atoms with Crippen molar-refractivity contribution in [3.63, 3.8) is 0 Å². The van der Waals surface area contributed by atoms with Gasteiger partial charge in [-0.15, -0.1) is 0 Å². The number of aromatic nitrogens is 2. The Labute approximate surface area is 361 Å². The Balaban J connectivity index is 0.795. The number of hydrogen-bond donors (Lipinski definition) is 2. The first-order valence-corrected chi connectivity index (χ1v) is 22.3. The number of aromatic amines is 1. The number of rotatable bonds is 10. The summed E-state index contributed by atoms with van der Waals surface area (Å²) in [5, 5.41) is 5.01. The Kier molecular flexibility index (Phi) is 11.1. The number of nitrogens with one attached hydrogen (secondary N) is 2. The molecular formula is C48H54N6O8. The summed E-state index contributed by atoms with van der Waals surface area (Å²) in [6.07, 6.45) is 10.5. The highest BCUT2D eigenvalue weighted by Crippen LogP contribution is 2.54. The number of piperidine rings is 2. The van der Waals surface area contributed by atoms with Crippen LogP contribution in [0.2, 0.25) is 0 Å². The van der Waals surface area contributed by atoms with Gasteiger partial charge in [0.25, 0.3) is 0 Å². The summed E-state index contributed by atoms with van der Waals surface area (Å²) in [6, 6.07) is 12.1. The van der Waals surface area contributed by atoms with Crippen LogP contribution < -0.4 is 5.32 Å². The van der Waals surface area contributed by atoms with Crippen LogP contribution in [-0.4, -0.2) is 114 Å². The van der Waals surface area contributed by atoms with Crippen molar-refractivity contribution in [3.8, 4) is 11.8 Å². The molecule has 7 aliphatic rings. The van der Waals surface area contributed by atoms with Gasteiger partial charge in [-0.3, -0.25) is 19.4 Å². The van der Waals surface area contributed by atoms with Gasteiger partial charge in [-0.2, -0.15) is 0 Å². The van der Waals surface area contributed by atoms with Crippen molar-refractivity contribution >= 4 is 45.9 Å². The minimum absolute atomic E-state index is 0.0261. The quantitative estimate of drug-likeness (QED) is 0.197. The highest BCUT2D eigenvalue weighted by molar-refractivity contribution is 6.04. The maximum atomic E-state index is 14.3. The lowest BCUT2D eigenvalue weighted by Crippen LogP contribution is -2.54. The molecule has 14 nitrogen and oxygen atoms in total. The second-order valence-electron chi connectivity index (χ2n) is 18.2. The van der Waals surface area contributed by atoms with Crippen LogP contribution in [0.1, 0.15) is 92.9 Å². The minimum atomic E-state index is -0.681. The van der Waals surface area contributed by atoms with Crippen LogP contribution in [-0.2, 0) is 33.3 Å². The van der Waals surface area contributed by atoms with E-state index in [0.29, 0.717) is 69.0 Å². The highest BCUT2D eigenvalue weighted by Gasteiger charge is 2.58. The molecule has 4 saturated heterocycles. The van der Waals surface area contributed by atoms with E-state index in [4.69, 9.17) is 28.9 Å². The molecule has 2 aromatic carbocycles. The van der Waals surface area contributed by atoms with Crippen molar-refractivity contribution in [3.05, 3.63) is 71.4 Å². The van der Waals surface area contributed by atoms with E-state index in [-0.39, 0.29) is 60.2 Å². The molecule has 3 amide bonds. The van der Waals surface area contributed by atoms with Gasteiger partial charge in [-0.1, -0.05) is 24.1 Å². The fraction of sp³-hybridized carbons (Fsp3) is 0.542. The second-order valence-corrected chi connectivity index (χ2v) is 18.2. The Bertz CT molecular complexity index is 2390. The van der Waals surface area contributed by atoms with E-state index in [9.17, 15) is 19.2 Å². The number of ether oxygens (including phenoxy) is 4. The van der Waals surface area contributed by atoms with Gasteiger partial charge in [0.05, 0.1) is 44.8 Å². The number of H-pyrrole nitrogens is 1. The molecule has 2 unspecified atom stereocenters. The van der Waals surface area contributed by atoms with Crippen LogP contribution in [0.3, 0.4) is 0 Å². The molecule has 8 atom stereocenters. The van der Waals surface area contributed by atoms with Crippen molar-refractivity contribution in [1.29, 1.82) is 0 Å². The average Bonchev–Trinajstić information content (AvgIpc) is 3.90. The van der Waals surface area contributed by atoms with Crippen LogP contribution in [0, 0.1) is 41.4 Å². The summed E-state index contributed by atoms with van der Waals surface area (Å²) < 4.78 is 21.1. The molecule has 2 saturated carbocycles. The van der Waals surface area contributed by atoms with Gasteiger partial charge < -0.3 is 39.0 Å². The third kappa shape index (κ3) is 8.01. The molecule has 0 radical (unpaired) electrons. The first-order valence-electron chi connectivity index (χ1n) is 22.3. The van der Waals surface area contributed by atoms with E-state index in [1.54, 1.807) is 6.20 Å². The summed E-state index contributed by atoms with van der Waals surface area (Å²) in [5.41, 5.74) is 4.79. The van der Waals surface area contributed by atoms with E-state index in [1.165, 1.54) is 14.2 Å². The van der Waals surface area contributed by atoms with Crippen LogP contribution in [0.15, 0.2) is 53.8 Å². The van der Waals surface area contributed by atoms with Crippen LogP contribution >= 0.6 is 0 Å². The number of carbonyl (C=O) groups excluding carboxylic acids is 4. The van der Waals surface area contributed by atoms with Crippen molar-refractivity contribution in [2.24, 2.45) is 34.6 Å². The third-order valence-electron chi connectivity index (χ3n) is 14.6. The SMILES string of the molecule is COC(=O)CC(C(=O)N1[C@@H]2C[C@@H]2C[C@H]1C1=NC=C(c2ccc3cc(C#Cc4cnc([C@@H]5C[C@H]6C[C@H]6N5C(=O)C(NC(=O)OC)C5CCOCC5)[nH]4)ccc3c2)C1)C1CCOCC1. The molecule has 0 bridgehead atoms. The lowest BCUT2D eigenvalue weighted by atomic mass is 9.82. The maximum absolute atomic E-state index is 14.3. The summed E-state index contributed by atoms with van der Waals surface area (Å²) >= 11 is 0. The third-order valence-corrected chi connectivity index (χ3v) is 14.6. The molecule has 62 heavy (non-hydrogen) atoms. The lowest BCUT2D eigenvalue weighted by molar-refractivity contribution is -0.150. The largest absolute Gasteiger partial charge is 0.469 e. The number of nitrogens with zero attached hydrogens (tertiary/aromatic N) is 4. The lowest BCUT2D eigenvalue weighted by Gasteiger charge is -2.35. The van der Waals surface area contributed by atoms with Gasteiger partial charge in [0, 0.05) is 62.4 Å².